The third kappa shape index (κ3) is 1.50. The van der Waals surface area contributed by atoms with Gasteiger partial charge >= 0.3 is 0 Å². The highest BCUT2D eigenvalue weighted by molar-refractivity contribution is 5.98. The van der Waals surface area contributed by atoms with Gasteiger partial charge in [0.15, 0.2) is 0 Å². The molecular weight excluding hydrogens is 264 g/mol. The van der Waals surface area contributed by atoms with Gasteiger partial charge in [-0.3, -0.25) is 18.6 Å². The summed E-state index contributed by atoms with van der Waals surface area (Å²) >= 11 is 0. The number of nitrogens with zero attached hydrogens (tertiary/aromatic N) is 2. The zero-order valence-electron chi connectivity index (χ0n) is 11.4. The quantitative estimate of drug-likeness (QED) is 0.495. The molecule has 4 heteroatoms. The summed E-state index contributed by atoms with van der Waals surface area (Å²) in [4.78, 5) is 24.8. The molecule has 4 nitrogen and oxygen atoms in total. The average molecular weight is 276 g/mol. The number of rotatable bonds is 0. The second kappa shape index (κ2) is 4.06. The Balaban J connectivity index is 2.41. The van der Waals surface area contributed by atoms with Crippen LogP contribution in [0.5, 0.6) is 0 Å². The summed E-state index contributed by atoms with van der Waals surface area (Å²) in [5.41, 5.74) is 2.00. The van der Waals surface area contributed by atoms with E-state index in [1.165, 1.54) is 6.92 Å². The number of imidazole rings is 1. The molecule has 4 rings (SSSR count). The van der Waals surface area contributed by atoms with Crippen molar-refractivity contribution >= 4 is 33.4 Å². The zero-order chi connectivity index (χ0) is 14.6. The van der Waals surface area contributed by atoms with Crippen LogP contribution < -0.4 is 5.56 Å². The van der Waals surface area contributed by atoms with E-state index < -0.39 is 0 Å². The van der Waals surface area contributed by atoms with Crippen molar-refractivity contribution in [1.82, 2.24) is 8.97 Å². The van der Waals surface area contributed by atoms with Gasteiger partial charge in [-0.1, -0.05) is 30.3 Å². The first-order valence-corrected chi connectivity index (χ1v) is 6.73. The van der Waals surface area contributed by atoms with Gasteiger partial charge in [0.1, 0.15) is 5.65 Å². The normalized spacial score (nSPS) is 11.5. The number of carbonyl (C=O) groups excluding carboxylic acids is 1. The van der Waals surface area contributed by atoms with E-state index in [0.29, 0.717) is 11.0 Å². The molecule has 0 saturated carbocycles. The Hall–Kier alpha value is -2.88. The minimum absolute atomic E-state index is 0.0979. The van der Waals surface area contributed by atoms with Crippen molar-refractivity contribution in [1.29, 1.82) is 0 Å². The van der Waals surface area contributed by atoms with Crippen LogP contribution in [0.15, 0.2) is 59.4 Å². The summed E-state index contributed by atoms with van der Waals surface area (Å²) in [6.45, 7) is 1.51. The minimum atomic E-state index is -0.108. The molecule has 0 bridgehead atoms. The van der Waals surface area contributed by atoms with E-state index in [9.17, 15) is 9.59 Å². The molecule has 0 unspecified atom stereocenters. The maximum Gasteiger partial charge on any atom is 0.264 e. The van der Waals surface area contributed by atoms with E-state index in [1.807, 2.05) is 54.6 Å². The number of hydrogen-bond donors (Lipinski definition) is 0. The first kappa shape index (κ1) is 11.9. The number of pyridine rings is 1. The molecule has 102 valence electrons. The van der Waals surface area contributed by atoms with Crippen molar-refractivity contribution < 1.29 is 4.79 Å². The molecule has 0 aliphatic rings. The van der Waals surface area contributed by atoms with Gasteiger partial charge in [0, 0.05) is 12.3 Å². The van der Waals surface area contributed by atoms with Gasteiger partial charge in [-0.25, -0.2) is 0 Å². The largest absolute Gasteiger partial charge is 0.274 e. The van der Waals surface area contributed by atoms with Gasteiger partial charge in [0.25, 0.3) is 5.56 Å². The van der Waals surface area contributed by atoms with Gasteiger partial charge in [-0.2, -0.15) is 0 Å². The molecule has 0 radical (unpaired) electrons. The Kier molecular flexibility index (Phi) is 2.30. The Morgan fingerprint density at radius 1 is 0.952 bits per heavy atom. The lowest BCUT2D eigenvalue weighted by Gasteiger charge is -2.02. The van der Waals surface area contributed by atoms with Crippen LogP contribution in [0.4, 0.5) is 0 Å². The molecule has 0 saturated heterocycles. The molecule has 0 N–H and O–H groups in total. The Morgan fingerprint density at radius 2 is 1.62 bits per heavy atom. The molecule has 0 atom stereocenters. The molecule has 2 aromatic carbocycles. The van der Waals surface area contributed by atoms with Crippen molar-refractivity contribution in [3.8, 4) is 0 Å². The van der Waals surface area contributed by atoms with Crippen LogP contribution >= 0.6 is 0 Å². The van der Waals surface area contributed by atoms with Crippen LogP contribution in [0.3, 0.4) is 0 Å². The highest BCUT2D eigenvalue weighted by Crippen LogP contribution is 2.22. The second-order valence-corrected chi connectivity index (χ2v) is 5.07. The van der Waals surface area contributed by atoms with Crippen LogP contribution in [-0.2, 0) is 0 Å². The minimum Gasteiger partial charge on any atom is -0.274 e. The molecule has 0 amide bonds. The van der Waals surface area contributed by atoms with E-state index in [1.54, 1.807) is 8.97 Å². The highest BCUT2D eigenvalue weighted by Gasteiger charge is 2.15. The van der Waals surface area contributed by atoms with E-state index in [0.717, 1.165) is 16.4 Å². The molecule has 0 aliphatic carbocycles. The molecule has 2 heterocycles. The van der Waals surface area contributed by atoms with Crippen LogP contribution in [0.2, 0.25) is 0 Å². The van der Waals surface area contributed by atoms with Crippen LogP contribution in [0.1, 0.15) is 11.7 Å². The van der Waals surface area contributed by atoms with Gasteiger partial charge < -0.3 is 0 Å². The lowest BCUT2D eigenvalue weighted by molar-refractivity contribution is 0.0946. The number of aromatic nitrogens is 2. The molecule has 21 heavy (non-hydrogen) atoms. The maximum atomic E-state index is 12.8. The lowest BCUT2D eigenvalue weighted by Crippen LogP contribution is -2.14. The van der Waals surface area contributed by atoms with E-state index in [2.05, 4.69) is 0 Å². The fourth-order valence-corrected chi connectivity index (χ4v) is 2.94. The third-order valence-electron chi connectivity index (χ3n) is 3.82. The average Bonchev–Trinajstić information content (AvgIpc) is 2.82. The van der Waals surface area contributed by atoms with Gasteiger partial charge in [0.05, 0.1) is 11.0 Å². The topological polar surface area (TPSA) is 43.5 Å². The van der Waals surface area contributed by atoms with Gasteiger partial charge in [0.2, 0.25) is 5.91 Å². The summed E-state index contributed by atoms with van der Waals surface area (Å²) < 4.78 is 3.20. The summed E-state index contributed by atoms with van der Waals surface area (Å²) in [6.07, 6.45) is 0. The Labute approximate surface area is 119 Å². The van der Waals surface area contributed by atoms with Crippen molar-refractivity contribution in [3.63, 3.8) is 0 Å². The zero-order valence-corrected chi connectivity index (χ0v) is 11.4. The van der Waals surface area contributed by atoms with E-state index in [4.69, 9.17) is 0 Å². The number of hydrogen-bond acceptors (Lipinski definition) is 2. The van der Waals surface area contributed by atoms with Crippen LogP contribution in [-0.4, -0.2) is 14.9 Å². The number of carbonyl (C=O) groups is 1. The van der Waals surface area contributed by atoms with Gasteiger partial charge in [-0.05, 0) is 29.7 Å². The standard InChI is InChI=1S/C17H12N2O2/c1-11(20)18-14-8-4-5-9-15(14)19-16(18)10-12-6-2-3-7-13(12)17(19)21/h2-10H,1H3. The number of para-hydroxylation sites is 2. The summed E-state index contributed by atoms with van der Waals surface area (Å²) in [5, 5.41) is 1.49. The van der Waals surface area contributed by atoms with E-state index >= 15 is 0 Å². The number of fused-ring (bicyclic) bond motifs is 4. The lowest BCUT2D eigenvalue weighted by atomic mass is 10.2. The number of benzene rings is 2. The molecular formula is C17H12N2O2. The predicted octanol–water partition coefficient (Wildman–Crippen LogP) is 3.07. The predicted molar refractivity (Wildman–Crippen MR) is 83.0 cm³/mol. The van der Waals surface area contributed by atoms with E-state index in [-0.39, 0.29) is 11.5 Å². The van der Waals surface area contributed by atoms with Crippen molar-refractivity contribution in [2.24, 2.45) is 0 Å². The Morgan fingerprint density at radius 3 is 2.38 bits per heavy atom. The monoisotopic (exact) mass is 276 g/mol. The third-order valence-corrected chi connectivity index (χ3v) is 3.82. The molecule has 0 spiro atoms. The molecule has 2 aromatic heterocycles. The fourth-order valence-electron chi connectivity index (χ4n) is 2.94. The van der Waals surface area contributed by atoms with Crippen molar-refractivity contribution in [2.45, 2.75) is 6.92 Å². The van der Waals surface area contributed by atoms with Gasteiger partial charge in [-0.15, -0.1) is 0 Å². The smallest absolute Gasteiger partial charge is 0.264 e. The van der Waals surface area contributed by atoms with Crippen LogP contribution in [0.25, 0.3) is 27.5 Å². The molecule has 4 aromatic rings. The summed E-state index contributed by atoms with van der Waals surface area (Å²) in [7, 11) is 0. The summed E-state index contributed by atoms with van der Waals surface area (Å²) in [6, 6.07) is 16.8. The SMILES string of the molecule is CC(=O)n1c2ccccc2n2c(=O)c3ccccc3cc12. The summed E-state index contributed by atoms with van der Waals surface area (Å²) in [5.74, 6) is -0.108. The van der Waals surface area contributed by atoms with Crippen molar-refractivity contribution in [2.75, 3.05) is 0 Å². The highest BCUT2D eigenvalue weighted by atomic mass is 16.2. The second-order valence-electron chi connectivity index (χ2n) is 5.07. The Bertz CT molecular complexity index is 1090. The first-order chi connectivity index (χ1) is 10.2. The van der Waals surface area contributed by atoms with Crippen LogP contribution in [0, 0.1) is 0 Å². The first-order valence-electron chi connectivity index (χ1n) is 6.73. The molecule has 0 fully saturated rings. The fraction of sp³-hybridized carbons (Fsp3) is 0.0588. The van der Waals surface area contributed by atoms with Crippen molar-refractivity contribution in [3.05, 3.63) is 65.0 Å². The molecule has 0 aliphatic heterocycles. The maximum absolute atomic E-state index is 12.8.